The first-order valence-electron chi connectivity index (χ1n) is 5.42. The van der Waals surface area contributed by atoms with E-state index in [1.165, 1.54) is 25.1 Å². The van der Waals surface area contributed by atoms with Gasteiger partial charge in [-0.25, -0.2) is 8.42 Å². The van der Waals surface area contributed by atoms with Crippen LogP contribution in [0.1, 0.15) is 13.8 Å². The van der Waals surface area contributed by atoms with Crippen LogP contribution in [0.2, 0.25) is 5.02 Å². The van der Waals surface area contributed by atoms with E-state index in [0.29, 0.717) is 9.50 Å². The molecule has 0 spiro atoms. The molecule has 0 aliphatic carbocycles. The normalized spacial score (nSPS) is 13.1. The van der Waals surface area contributed by atoms with Crippen LogP contribution in [0.15, 0.2) is 27.6 Å². The predicted molar refractivity (Wildman–Crippen MR) is 75.6 cm³/mol. The zero-order valence-electron chi connectivity index (χ0n) is 10.3. The van der Waals surface area contributed by atoms with Crippen molar-refractivity contribution in [1.29, 1.82) is 0 Å². The van der Waals surface area contributed by atoms with Crippen LogP contribution in [0.5, 0.6) is 0 Å². The minimum atomic E-state index is -3.80. The first-order chi connectivity index (χ1) is 8.77. The van der Waals surface area contributed by atoms with E-state index in [1.807, 2.05) is 0 Å². The van der Waals surface area contributed by atoms with E-state index in [2.05, 4.69) is 20.7 Å². The molecule has 1 N–H and O–H groups in total. The second-order valence-electron chi connectivity index (χ2n) is 3.67. The Morgan fingerprint density at radius 1 is 1.53 bits per heavy atom. The summed E-state index contributed by atoms with van der Waals surface area (Å²) in [5.41, 5.74) is 0. The van der Waals surface area contributed by atoms with E-state index in [1.54, 1.807) is 6.92 Å². The number of carbonyl (C=O) groups is 1. The highest BCUT2D eigenvalue weighted by atomic mass is 79.9. The molecule has 0 saturated heterocycles. The zero-order valence-corrected chi connectivity index (χ0v) is 13.5. The molecule has 1 aromatic rings. The van der Waals surface area contributed by atoms with Gasteiger partial charge in [0.05, 0.1) is 16.5 Å². The molecule has 0 saturated carbocycles. The first kappa shape index (κ1) is 16.4. The fourth-order valence-corrected chi connectivity index (χ4v) is 3.13. The van der Waals surface area contributed by atoms with E-state index >= 15 is 0 Å². The molecule has 8 heteroatoms. The standard InChI is InChI=1S/C11H13BrClNO4S/c1-3-18-11(15)7(2)14-19(16,17)8-4-5-10(13)9(12)6-8/h4-7,14H,3H2,1-2H3. The molecule has 0 radical (unpaired) electrons. The van der Waals surface area contributed by atoms with E-state index in [4.69, 9.17) is 16.3 Å². The highest BCUT2D eigenvalue weighted by molar-refractivity contribution is 9.10. The molecular weight excluding hydrogens is 358 g/mol. The Bertz CT molecular complexity index is 576. The maximum Gasteiger partial charge on any atom is 0.323 e. The van der Waals surface area contributed by atoms with Crippen LogP contribution < -0.4 is 4.72 Å². The van der Waals surface area contributed by atoms with Gasteiger partial charge < -0.3 is 4.74 Å². The molecule has 1 aromatic carbocycles. The lowest BCUT2D eigenvalue weighted by Gasteiger charge is -2.13. The molecule has 5 nitrogen and oxygen atoms in total. The number of sulfonamides is 1. The molecule has 1 unspecified atom stereocenters. The van der Waals surface area contributed by atoms with Crippen LogP contribution in [-0.4, -0.2) is 27.0 Å². The Labute approximate surface area is 125 Å². The predicted octanol–water partition coefficient (Wildman–Crippen LogP) is 2.33. The molecule has 1 rings (SSSR count). The number of carbonyl (C=O) groups excluding carboxylic acids is 1. The van der Waals surface area contributed by atoms with E-state index in [0.717, 1.165) is 0 Å². The summed E-state index contributed by atoms with van der Waals surface area (Å²) in [5, 5.41) is 0.400. The molecule has 0 aliphatic rings. The molecule has 1 atom stereocenters. The third-order valence-electron chi connectivity index (χ3n) is 2.17. The molecule has 19 heavy (non-hydrogen) atoms. The second kappa shape index (κ2) is 6.69. The minimum absolute atomic E-state index is 0.0138. The highest BCUT2D eigenvalue weighted by Gasteiger charge is 2.23. The fraction of sp³-hybridized carbons (Fsp3) is 0.364. The number of esters is 1. The molecular formula is C11H13BrClNO4S. The van der Waals surface area contributed by atoms with Gasteiger partial charge >= 0.3 is 5.97 Å². The van der Waals surface area contributed by atoms with Crippen LogP contribution in [0.4, 0.5) is 0 Å². The first-order valence-corrected chi connectivity index (χ1v) is 8.07. The summed E-state index contributed by atoms with van der Waals surface area (Å²) >= 11 is 8.93. The zero-order chi connectivity index (χ0) is 14.6. The molecule has 106 valence electrons. The largest absolute Gasteiger partial charge is 0.465 e. The van der Waals surface area contributed by atoms with Gasteiger partial charge in [0.25, 0.3) is 0 Å². The SMILES string of the molecule is CCOC(=O)C(C)NS(=O)(=O)c1ccc(Cl)c(Br)c1. The Kier molecular flexibility index (Phi) is 5.79. The second-order valence-corrected chi connectivity index (χ2v) is 6.65. The Morgan fingerprint density at radius 2 is 2.16 bits per heavy atom. The van der Waals surface area contributed by atoms with Gasteiger partial charge in [-0.1, -0.05) is 11.6 Å². The number of nitrogens with one attached hydrogen (secondary N) is 1. The van der Waals surface area contributed by atoms with E-state index in [9.17, 15) is 13.2 Å². The van der Waals surface area contributed by atoms with Crippen molar-refractivity contribution in [3.05, 3.63) is 27.7 Å². The van der Waals surface area contributed by atoms with E-state index in [-0.39, 0.29) is 11.5 Å². The minimum Gasteiger partial charge on any atom is -0.465 e. The number of hydrogen-bond acceptors (Lipinski definition) is 4. The summed E-state index contributed by atoms with van der Waals surface area (Å²) in [6, 6.07) is 3.21. The van der Waals surface area contributed by atoms with Gasteiger partial charge in [-0.15, -0.1) is 0 Å². The number of rotatable bonds is 5. The smallest absolute Gasteiger partial charge is 0.323 e. The quantitative estimate of drug-likeness (QED) is 0.808. The van der Waals surface area contributed by atoms with Crippen molar-refractivity contribution >= 4 is 43.5 Å². The van der Waals surface area contributed by atoms with Crippen LogP contribution in [0.25, 0.3) is 0 Å². The van der Waals surface area contributed by atoms with Gasteiger partial charge in [-0.05, 0) is 48.0 Å². The Morgan fingerprint density at radius 3 is 2.68 bits per heavy atom. The summed E-state index contributed by atoms with van der Waals surface area (Å²) < 4.78 is 31.5. The van der Waals surface area contributed by atoms with Crippen molar-refractivity contribution in [3.63, 3.8) is 0 Å². The maximum atomic E-state index is 12.0. The van der Waals surface area contributed by atoms with E-state index < -0.39 is 22.0 Å². The maximum absolute atomic E-state index is 12.0. The van der Waals surface area contributed by atoms with Gasteiger partial charge in [0.1, 0.15) is 6.04 Å². The third kappa shape index (κ3) is 4.45. The molecule has 0 aliphatic heterocycles. The lowest BCUT2D eigenvalue weighted by atomic mass is 10.4. The Hall–Kier alpha value is -0.630. The van der Waals surface area contributed by atoms with Gasteiger partial charge in [0.15, 0.2) is 0 Å². The number of benzene rings is 1. The van der Waals surface area contributed by atoms with Crippen molar-refractivity contribution in [3.8, 4) is 0 Å². The lowest BCUT2D eigenvalue weighted by molar-refractivity contribution is -0.144. The van der Waals surface area contributed by atoms with Gasteiger partial charge in [0.2, 0.25) is 10.0 Å². The molecule has 0 bridgehead atoms. The number of halogens is 2. The van der Waals surface area contributed by atoms with Gasteiger partial charge in [-0.2, -0.15) is 4.72 Å². The fourth-order valence-electron chi connectivity index (χ4n) is 1.26. The van der Waals surface area contributed by atoms with Crippen LogP contribution in [0, 0.1) is 0 Å². The van der Waals surface area contributed by atoms with Crippen LogP contribution in [0.3, 0.4) is 0 Å². The summed E-state index contributed by atoms with van der Waals surface area (Å²) in [4.78, 5) is 11.4. The summed E-state index contributed by atoms with van der Waals surface area (Å²) in [5.74, 6) is -0.626. The number of ether oxygens (including phenoxy) is 1. The highest BCUT2D eigenvalue weighted by Crippen LogP contribution is 2.25. The third-order valence-corrected chi connectivity index (χ3v) is 4.93. The summed E-state index contributed by atoms with van der Waals surface area (Å²) in [6.45, 7) is 3.26. The van der Waals surface area contributed by atoms with Crippen molar-refractivity contribution in [2.75, 3.05) is 6.61 Å². The average Bonchev–Trinajstić information content (AvgIpc) is 2.32. The van der Waals surface area contributed by atoms with Crippen LogP contribution >= 0.6 is 27.5 Å². The van der Waals surface area contributed by atoms with Crippen molar-refractivity contribution < 1.29 is 17.9 Å². The van der Waals surface area contributed by atoms with Crippen molar-refractivity contribution in [1.82, 2.24) is 4.72 Å². The Balaban J connectivity index is 2.92. The molecule has 0 heterocycles. The van der Waals surface area contributed by atoms with Gasteiger partial charge in [-0.3, -0.25) is 4.79 Å². The number of hydrogen-bond donors (Lipinski definition) is 1. The molecule has 0 fully saturated rings. The lowest BCUT2D eigenvalue weighted by Crippen LogP contribution is -2.39. The average molecular weight is 371 g/mol. The topological polar surface area (TPSA) is 72.5 Å². The monoisotopic (exact) mass is 369 g/mol. The summed E-state index contributed by atoms with van der Waals surface area (Å²) in [6.07, 6.45) is 0. The summed E-state index contributed by atoms with van der Waals surface area (Å²) in [7, 11) is -3.80. The van der Waals surface area contributed by atoms with Crippen LogP contribution in [-0.2, 0) is 19.6 Å². The molecule has 0 amide bonds. The van der Waals surface area contributed by atoms with Crippen molar-refractivity contribution in [2.45, 2.75) is 24.8 Å². The van der Waals surface area contributed by atoms with Gasteiger partial charge in [0, 0.05) is 4.47 Å². The molecule has 0 aromatic heterocycles. The van der Waals surface area contributed by atoms with Crippen molar-refractivity contribution in [2.24, 2.45) is 0 Å².